The molecule has 1 aliphatic carbocycles. The molecule has 6 nitrogen and oxygen atoms in total. The molecule has 6 heteroatoms. The van der Waals surface area contributed by atoms with Crippen LogP contribution in [0.2, 0.25) is 0 Å². The molecule has 0 aromatic carbocycles. The number of carbonyl (C=O) groups excluding carboxylic acids is 1. The molecule has 0 radical (unpaired) electrons. The standard InChI is InChI=1S/C14H26N4O2/c15-12(17-20)14(8-4-1-2-5-9-14)16-13(19)18-10-6-3-7-11-18/h20H,1-11H2,(H2,15,17)(H,16,19). The monoisotopic (exact) mass is 282 g/mol. The number of urea groups is 1. The molecule has 1 saturated heterocycles. The second-order valence-corrected chi connectivity index (χ2v) is 5.96. The molecule has 0 bridgehead atoms. The minimum Gasteiger partial charge on any atom is -0.409 e. The lowest BCUT2D eigenvalue weighted by atomic mass is 9.89. The summed E-state index contributed by atoms with van der Waals surface area (Å²) >= 11 is 0. The number of hydrogen-bond donors (Lipinski definition) is 3. The van der Waals surface area contributed by atoms with Gasteiger partial charge in [-0.05, 0) is 32.1 Å². The Kier molecular flexibility index (Phi) is 5.09. The van der Waals surface area contributed by atoms with Gasteiger partial charge in [-0.1, -0.05) is 30.8 Å². The maximum Gasteiger partial charge on any atom is 0.318 e. The van der Waals surface area contributed by atoms with Crippen LogP contribution in [0, 0.1) is 0 Å². The fourth-order valence-corrected chi connectivity index (χ4v) is 3.25. The zero-order valence-electron chi connectivity index (χ0n) is 12.1. The molecule has 1 heterocycles. The molecule has 114 valence electrons. The topological polar surface area (TPSA) is 91.0 Å². The van der Waals surface area contributed by atoms with Crippen molar-refractivity contribution >= 4 is 11.9 Å². The summed E-state index contributed by atoms with van der Waals surface area (Å²) in [5.74, 6) is 0.143. The summed E-state index contributed by atoms with van der Waals surface area (Å²) < 4.78 is 0. The Hall–Kier alpha value is -1.46. The number of nitrogens with zero attached hydrogens (tertiary/aromatic N) is 2. The van der Waals surface area contributed by atoms with E-state index in [2.05, 4.69) is 10.5 Å². The Labute approximate surface area is 120 Å². The Bertz CT molecular complexity index is 356. The summed E-state index contributed by atoms with van der Waals surface area (Å²) in [6.45, 7) is 1.61. The van der Waals surface area contributed by atoms with Crippen molar-refractivity contribution in [2.45, 2.75) is 63.3 Å². The first kappa shape index (κ1) is 14.9. The van der Waals surface area contributed by atoms with Crippen LogP contribution in [-0.2, 0) is 0 Å². The lowest BCUT2D eigenvalue weighted by Crippen LogP contribution is -2.60. The number of oxime groups is 1. The zero-order chi connectivity index (χ0) is 14.4. The minimum atomic E-state index is -0.667. The molecular weight excluding hydrogens is 256 g/mol. The van der Waals surface area contributed by atoms with Gasteiger partial charge in [-0.2, -0.15) is 0 Å². The van der Waals surface area contributed by atoms with Crippen LogP contribution in [0.5, 0.6) is 0 Å². The fourth-order valence-electron chi connectivity index (χ4n) is 3.25. The third kappa shape index (κ3) is 3.35. The summed E-state index contributed by atoms with van der Waals surface area (Å²) in [6, 6.07) is -0.0711. The van der Waals surface area contributed by atoms with E-state index in [0.717, 1.165) is 64.5 Å². The number of nitrogens with one attached hydrogen (secondary N) is 1. The van der Waals surface area contributed by atoms with Crippen LogP contribution < -0.4 is 11.1 Å². The maximum atomic E-state index is 12.4. The van der Waals surface area contributed by atoms with Crippen LogP contribution >= 0.6 is 0 Å². The van der Waals surface area contributed by atoms with E-state index in [0.29, 0.717) is 0 Å². The van der Waals surface area contributed by atoms with E-state index in [9.17, 15) is 4.79 Å². The number of rotatable bonds is 2. The number of amides is 2. The smallest absolute Gasteiger partial charge is 0.318 e. The van der Waals surface area contributed by atoms with Gasteiger partial charge in [0, 0.05) is 13.1 Å². The average Bonchev–Trinajstić information content (AvgIpc) is 2.74. The Morgan fingerprint density at radius 3 is 2.15 bits per heavy atom. The lowest BCUT2D eigenvalue weighted by Gasteiger charge is -2.36. The van der Waals surface area contributed by atoms with Crippen molar-refractivity contribution in [2.24, 2.45) is 10.9 Å². The number of piperidine rings is 1. The van der Waals surface area contributed by atoms with E-state index in [1.807, 2.05) is 4.90 Å². The molecule has 2 amide bonds. The molecule has 0 spiro atoms. The molecule has 2 aliphatic rings. The van der Waals surface area contributed by atoms with Gasteiger partial charge in [0.25, 0.3) is 0 Å². The molecule has 0 unspecified atom stereocenters. The van der Waals surface area contributed by atoms with E-state index >= 15 is 0 Å². The largest absolute Gasteiger partial charge is 0.409 e. The lowest BCUT2D eigenvalue weighted by molar-refractivity contribution is 0.176. The van der Waals surface area contributed by atoms with Crippen LogP contribution in [0.3, 0.4) is 0 Å². The molecule has 1 aliphatic heterocycles. The molecule has 2 fully saturated rings. The van der Waals surface area contributed by atoms with Crippen LogP contribution in [-0.4, -0.2) is 40.6 Å². The number of amidine groups is 1. The van der Waals surface area contributed by atoms with Crippen molar-refractivity contribution in [2.75, 3.05) is 13.1 Å². The summed E-state index contributed by atoms with van der Waals surface area (Å²) in [5, 5.41) is 15.3. The summed E-state index contributed by atoms with van der Waals surface area (Å²) in [7, 11) is 0. The second-order valence-electron chi connectivity index (χ2n) is 5.96. The van der Waals surface area contributed by atoms with Gasteiger partial charge in [0.15, 0.2) is 5.84 Å². The van der Waals surface area contributed by atoms with E-state index in [1.54, 1.807) is 0 Å². The number of nitrogens with two attached hydrogens (primary N) is 1. The van der Waals surface area contributed by atoms with Crippen LogP contribution in [0.15, 0.2) is 5.16 Å². The van der Waals surface area contributed by atoms with E-state index in [1.165, 1.54) is 6.42 Å². The summed E-state index contributed by atoms with van der Waals surface area (Å²) in [6.07, 6.45) is 9.08. The van der Waals surface area contributed by atoms with Gasteiger partial charge in [0.2, 0.25) is 0 Å². The highest BCUT2D eigenvalue weighted by molar-refractivity contribution is 5.93. The third-order valence-electron chi connectivity index (χ3n) is 4.54. The highest BCUT2D eigenvalue weighted by Crippen LogP contribution is 2.28. The van der Waals surface area contributed by atoms with Crippen LogP contribution in [0.1, 0.15) is 57.8 Å². The average molecular weight is 282 g/mol. The van der Waals surface area contributed by atoms with Crippen LogP contribution in [0.4, 0.5) is 4.79 Å². The van der Waals surface area contributed by atoms with Crippen molar-refractivity contribution in [1.82, 2.24) is 10.2 Å². The predicted molar refractivity (Wildman–Crippen MR) is 77.8 cm³/mol. The van der Waals surface area contributed by atoms with Crippen molar-refractivity contribution in [1.29, 1.82) is 0 Å². The number of hydrogen-bond acceptors (Lipinski definition) is 3. The van der Waals surface area contributed by atoms with Gasteiger partial charge >= 0.3 is 6.03 Å². The van der Waals surface area contributed by atoms with Crippen molar-refractivity contribution in [3.8, 4) is 0 Å². The van der Waals surface area contributed by atoms with Gasteiger partial charge in [-0.3, -0.25) is 0 Å². The van der Waals surface area contributed by atoms with Crippen LogP contribution in [0.25, 0.3) is 0 Å². The van der Waals surface area contributed by atoms with Gasteiger partial charge in [0.05, 0.1) is 0 Å². The number of likely N-dealkylation sites (tertiary alicyclic amines) is 1. The number of carbonyl (C=O) groups is 1. The molecule has 2 rings (SSSR count). The fraction of sp³-hybridized carbons (Fsp3) is 0.857. The van der Waals surface area contributed by atoms with Gasteiger partial charge < -0.3 is 21.2 Å². The molecule has 1 saturated carbocycles. The molecular formula is C14H26N4O2. The molecule has 0 atom stereocenters. The van der Waals surface area contributed by atoms with Crippen molar-refractivity contribution in [3.05, 3.63) is 0 Å². The highest BCUT2D eigenvalue weighted by Gasteiger charge is 2.38. The second kappa shape index (κ2) is 6.81. The first-order chi connectivity index (χ1) is 9.68. The summed E-state index contributed by atoms with van der Waals surface area (Å²) in [4.78, 5) is 14.3. The first-order valence-corrected chi connectivity index (χ1v) is 7.73. The minimum absolute atomic E-state index is 0.0711. The molecule has 0 aromatic heterocycles. The van der Waals surface area contributed by atoms with E-state index in [-0.39, 0.29) is 11.9 Å². The summed E-state index contributed by atoms with van der Waals surface area (Å²) in [5.41, 5.74) is 5.23. The van der Waals surface area contributed by atoms with Gasteiger partial charge in [-0.25, -0.2) is 4.79 Å². The Balaban J connectivity index is 2.08. The molecule has 20 heavy (non-hydrogen) atoms. The van der Waals surface area contributed by atoms with Crippen molar-refractivity contribution < 1.29 is 10.0 Å². The van der Waals surface area contributed by atoms with E-state index in [4.69, 9.17) is 10.9 Å². The SMILES string of the molecule is NC(=NO)C1(NC(=O)N2CCCCC2)CCCCCC1. The van der Waals surface area contributed by atoms with E-state index < -0.39 is 5.54 Å². The maximum absolute atomic E-state index is 12.4. The predicted octanol–water partition coefficient (Wildman–Crippen LogP) is 2.02. The van der Waals surface area contributed by atoms with Gasteiger partial charge in [0.1, 0.15) is 5.54 Å². The molecule has 4 N–H and O–H groups in total. The molecule has 0 aromatic rings. The zero-order valence-corrected chi connectivity index (χ0v) is 12.1. The first-order valence-electron chi connectivity index (χ1n) is 7.73. The van der Waals surface area contributed by atoms with Gasteiger partial charge in [-0.15, -0.1) is 0 Å². The quantitative estimate of drug-likeness (QED) is 0.238. The highest BCUT2D eigenvalue weighted by atomic mass is 16.4. The normalized spacial score (nSPS) is 24.0. The third-order valence-corrected chi connectivity index (χ3v) is 4.54. The Morgan fingerprint density at radius 2 is 1.60 bits per heavy atom. The van der Waals surface area contributed by atoms with Crippen molar-refractivity contribution in [3.63, 3.8) is 0 Å². The Morgan fingerprint density at radius 1 is 1.05 bits per heavy atom.